The molecule has 2 heterocycles. The van der Waals surface area contributed by atoms with Crippen molar-refractivity contribution in [1.29, 1.82) is 0 Å². The van der Waals surface area contributed by atoms with E-state index in [9.17, 15) is 0 Å². The van der Waals surface area contributed by atoms with Crippen LogP contribution in [0.2, 0.25) is 0 Å². The summed E-state index contributed by atoms with van der Waals surface area (Å²) in [6, 6.07) is 36.1. The summed E-state index contributed by atoms with van der Waals surface area (Å²) < 4.78 is 2.64. The Morgan fingerprint density at radius 2 is 1.43 bits per heavy atom. The maximum absolute atomic E-state index is 2.64. The lowest BCUT2D eigenvalue weighted by Gasteiger charge is -2.28. The summed E-state index contributed by atoms with van der Waals surface area (Å²) in [4.78, 5) is 2.55. The number of hydrogen-bond acceptors (Lipinski definition) is 1. The summed E-state index contributed by atoms with van der Waals surface area (Å²) >= 11 is 0. The van der Waals surface area contributed by atoms with Crippen LogP contribution in [0.25, 0.3) is 44.2 Å². The first-order valence-corrected chi connectivity index (χ1v) is 14.4. The number of para-hydroxylation sites is 1. The van der Waals surface area contributed by atoms with Crippen LogP contribution in [0.15, 0.2) is 127 Å². The maximum Gasteiger partial charge on any atom is 0.0630 e. The minimum Gasteiger partial charge on any atom is -0.333 e. The van der Waals surface area contributed by atoms with Crippen molar-refractivity contribution in [2.45, 2.75) is 24.8 Å². The Morgan fingerprint density at radius 3 is 2.33 bits per heavy atom. The van der Waals surface area contributed by atoms with Gasteiger partial charge in [-0.1, -0.05) is 109 Å². The Hall–Kier alpha value is -4.82. The summed E-state index contributed by atoms with van der Waals surface area (Å²) in [7, 11) is 0. The molecule has 190 valence electrons. The van der Waals surface area contributed by atoms with Gasteiger partial charge in [-0.15, -0.1) is 0 Å². The summed E-state index contributed by atoms with van der Waals surface area (Å²) in [6.07, 6.45) is 16.1. The van der Waals surface area contributed by atoms with E-state index < -0.39 is 0 Å². The SMILES string of the molecule is C1=CC2c3c(ccc4c5c(n(-c6cc7ccccc7c7ccccc67)c34)CCC=C5)N(c3ccccc3)[C@H]2C=C1. The molecule has 9 rings (SSSR count). The zero-order chi connectivity index (χ0) is 26.2. The van der Waals surface area contributed by atoms with Crippen LogP contribution in [0, 0.1) is 0 Å². The topological polar surface area (TPSA) is 8.17 Å². The minimum absolute atomic E-state index is 0.261. The van der Waals surface area contributed by atoms with Crippen molar-refractivity contribution in [2.75, 3.05) is 4.90 Å². The predicted octanol–water partition coefficient (Wildman–Crippen LogP) is 9.63. The third-order valence-corrected chi connectivity index (χ3v) is 9.14. The van der Waals surface area contributed by atoms with Gasteiger partial charge in [-0.05, 0) is 53.3 Å². The fraction of sp³-hybridized carbons (Fsp3) is 0.105. The Balaban J connectivity index is 1.44. The molecular weight excluding hydrogens is 484 g/mol. The van der Waals surface area contributed by atoms with Crippen LogP contribution in [0.1, 0.15) is 29.2 Å². The van der Waals surface area contributed by atoms with E-state index in [1.54, 1.807) is 0 Å². The van der Waals surface area contributed by atoms with Crippen LogP contribution in [-0.2, 0) is 6.42 Å². The Bertz CT molecular complexity index is 2070. The average Bonchev–Trinajstić information content (AvgIpc) is 3.54. The van der Waals surface area contributed by atoms with Crippen molar-refractivity contribution < 1.29 is 0 Å². The molecule has 1 aliphatic heterocycles. The first-order chi connectivity index (χ1) is 19.9. The van der Waals surface area contributed by atoms with Gasteiger partial charge in [-0.3, -0.25) is 0 Å². The van der Waals surface area contributed by atoms with Crippen LogP contribution in [0.5, 0.6) is 0 Å². The van der Waals surface area contributed by atoms with Crippen molar-refractivity contribution in [1.82, 2.24) is 4.57 Å². The van der Waals surface area contributed by atoms with Crippen molar-refractivity contribution in [3.8, 4) is 5.69 Å². The normalized spacial score (nSPS) is 18.9. The molecule has 0 radical (unpaired) electrons. The van der Waals surface area contributed by atoms with Gasteiger partial charge in [-0.2, -0.15) is 0 Å². The van der Waals surface area contributed by atoms with Gasteiger partial charge in [0, 0.05) is 44.9 Å². The van der Waals surface area contributed by atoms with Crippen molar-refractivity contribution in [2.24, 2.45) is 0 Å². The van der Waals surface area contributed by atoms with Gasteiger partial charge in [0.25, 0.3) is 0 Å². The zero-order valence-electron chi connectivity index (χ0n) is 22.2. The van der Waals surface area contributed by atoms with E-state index in [-0.39, 0.29) is 12.0 Å². The van der Waals surface area contributed by atoms with Crippen molar-refractivity contribution in [3.63, 3.8) is 0 Å². The van der Waals surface area contributed by atoms with Gasteiger partial charge in [-0.25, -0.2) is 0 Å². The number of nitrogens with zero attached hydrogens (tertiary/aromatic N) is 2. The average molecular weight is 513 g/mol. The molecule has 2 nitrogen and oxygen atoms in total. The largest absolute Gasteiger partial charge is 0.333 e. The van der Waals surface area contributed by atoms with Crippen LogP contribution in [0.3, 0.4) is 0 Å². The van der Waals surface area contributed by atoms with Crippen molar-refractivity contribution >= 4 is 49.9 Å². The van der Waals surface area contributed by atoms with E-state index in [1.807, 2.05) is 0 Å². The predicted molar refractivity (Wildman–Crippen MR) is 169 cm³/mol. The highest BCUT2D eigenvalue weighted by Gasteiger charge is 2.40. The van der Waals surface area contributed by atoms with Gasteiger partial charge in [0.05, 0.1) is 17.2 Å². The number of allylic oxidation sites excluding steroid dienone is 3. The molecular formula is C38H28N2. The Kier molecular flexibility index (Phi) is 4.59. The maximum atomic E-state index is 2.64. The van der Waals surface area contributed by atoms with E-state index in [0.717, 1.165) is 12.8 Å². The second-order valence-corrected chi connectivity index (χ2v) is 11.2. The standard InChI is InChI=1S/C38H28N2/c1-2-13-26(14-3-1)39-34-21-11-9-19-32(34)37-35(39)23-22-31-30-18-8-10-20-33(30)40(38(31)37)36-24-25-12-4-5-15-27(25)28-16-6-7-17-29(28)36/h1-9,11-19,21-24,32,34H,10,20H2/t32?,34-/m0/s1. The summed E-state index contributed by atoms with van der Waals surface area (Å²) in [6.45, 7) is 0. The molecule has 1 unspecified atom stereocenters. The lowest BCUT2D eigenvalue weighted by Crippen LogP contribution is -2.28. The van der Waals surface area contributed by atoms with Gasteiger partial charge >= 0.3 is 0 Å². The van der Waals surface area contributed by atoms with Crippen LogP contribution < -0.4 is 4.90 Å². The number of anilines is 2. The van der Waals surface area contributed by atoms with Gasteiger partial charge in [0.2, 0.25) is 0 Å². The third kappa shape index (κ3) is 2.94. The molecule has 5 aromatic carbocycles. The second kappa shape index (κ2) is 8.34. The molecule has 2 atom stereocenters. The summed E-state index contributed by atoms with van der Waals surface area (Å²) in [5.74, 6) is 0.287. The molecule has 0 saturated carbocycles. The summed E-state index contributed by atoms with van der Waals surface area (Å²) in [5.41, 5.74) is 9.46. The second-order valence-electron chi connectivity index (χ2n) is 11.2. The first kappa shape index (κ1) is 22.0. The third-order valence-electron chi connectivity index (χ3n) is 9.14. The molecule has 0 spiro atoms. The Labute approximate surface area is 233 Å². The quantitative estimate of drug-likeness (QED) is 0.210. The molecule has 0 N–H and O–H groups in total. The first-order valence-electron chi connectivity index (χ1n) is 14.4. The zero-order valence-corrected chi connectivity index (χ0v) is 22.2. The number of aromatic nitrogens is 1. The van der Waals surface area contributed by atoms with Gasteiger partial charge < -0.3 is 9.47 Å². The molecule has 0 fully saturated rings. The fourth-order valence-corrected chi connectivity index (χ4v) is 7.51. The van der Waals surface area contributed by atoms with Crippen molar-refractivity contribution in [3.05, 3.63) is 144 Å². The molecule has 2 heteroatoms. The minimum atomic E-state index is 0.261. The van der Waals surface area contributed by atoms with Crippen LogP contribution >= 0.6 is 0 Å². The molecule has 1 aromatic heterocycles. The number of fused-ring (bicyclic) bond motifs is 10. The van der Waals surface area contributed by atoms with Gasteiger partial charge in [0.1, 0.15) is 0 Å². The van der Waals surface area contributed by atoms with E-state index in [0.29, 0.717) is 0 Å². The van der Waals surface area contributed by atoms with Gasteiger partial charge in [0.15, 0.2) is 0 Å². The molecule has 2 aliphatic carbocycles. The van der Waals surface area contributed by atoms with E-state index in [1.165, 1.54) is 66.3 Å². The molecule has 0 saturated heterocycles. The van der Waals surface area contributed by atoms with E-state index in [4.69, 9.17) is 0 Å². The molecule has 0 bridgehead atoms. The fourth-order valence-electron chi connectivity index (χ4n) is 7.51. The highest BCUT2D eigenvalue weighted by Crippen LogP contribution is 2.52. The highest BCUT2D eigenvalue weighted by molar-refractivity contribution is 6.12. The number of benzene rings is 5. The lowest BCUT2D eigenvalue weighted by molar-refractivity contribution is 0.745. The van der Waals surface area contributed by atoms with Crippen LogP contribution in [-0.4, -0.2) is 10.6 Å². The monoisotopic (exact) mass is 512 g/mol. The molecule has 3 aliphatic rings. The Morgan fingerprint density at radius 1 is 0.650 bits per heavy atom. The van der Waals surface area contributed by atoms with E-state index >= 15 is 0 Å². The summed E-state index contributed by atoms with van der Waals surface area (Å²) in [5, 5.41) is 6.58. The lowest BCUT2D eigenvalue weighted by atomic mass is 9.89. The molecule has 0 amide bonds. The van der Waals surface area contributed by atoms with E-state index in [2.05, 4.69) is 143 Å². The number of hydrogen-bond donors (Lipinski definition) is 0. The molecule has 40 heavy (non-hydrogen) atoms. The van der Waals surface area contributed by atoms with Crippen LogP contribution in [0.4, 0.5) is 11.4 Å². The molecule has 6 aromatic rings. The smallest absolute Gasteiger partial charge is 0.0630 e. The number of rotatable bonds is 2. The highest BCUT2D eigenvalue weighted by atomic mass is 15.2.